The molecule has 0 aliphatic heterocycles. The quantitative estimate of drug-likeness (QED) is 0.811. The molecule has 4 nitrogen and oxygen atoms in total. The summed E-state index contributed by atoms with van der Waals surface area (Å²) >= 11 is 0. The molecular formula is C14H21N3O. The van der Waals surface area contributed by atoms with Crippen molar-refractivity contribution in [1.29, 1.82) is 0 Å². The van der Waals surface area contributed by atoms with Crippen LogP contribution in [0.5, 0.6) is 0 Å². The van der Waals surface area contributed by atoms with Gasteiger partial charge < -0.3 is 10.6 Å². The van der Waals surface area contributed by atoms with Crippen molar-refractivity contribution < 1.29 is 4.79 Å². The van der Waals surface area contributed by atoms with Gasteiger partial charge in [0.05, 0.1) is 11.9 Å². The van der Waals surface area contributed by atoms with E-state index >= 15 is 0 Å². The van der Waals surface area contributed by atoms with Crippen LogP contribution in [0, 0.1) is 5.92 Å². The summed E-state index contributed by atoms with van der Waals surface area (Å²) in [4.78, 5) is 16.0. The average Bonchev–Trinajstić information content (AvgIpc) is 2.35. The maximum atomic E-state index is 11.8. The van der Waals surface area contributed by atoms with Crippen molar-refractivity contribution in [2.45, 2.75) is 32.6 Å². The van der Waals surface area contributed by atoms with E-state index < -0.39 is 0 Å². The van der Waals surface area contributed by atoms with Crippen LogP contribution in [-0.2, 0) is 0 Å². The molecule has 1 aliphatic carbocycles. The van der Waals surface area contributed by atoms with Crippen LogP contribution in [0.2, 0.25) is 0 Å². The van der Waals surface area contributed by atoms with Gasteiger partial charge in [0.1, 0.15) is 5.69 Å². The van der Waals surface area contributed by atoms with Gasteiger partial charge in [0.15, 0.2) is 0 Å². The van der Waals surface area contributed by atoms with E-state index in [1.165, 1.54) is 19.3 Å². The van der Waals surface area contributed by atoms with Crippen molar-refractivity contribution in [3.8, 4) is 0 Å². The molecule has 1 saturated carbocycles. The van der Waals surface area contributed by atoms with Gasteiger partial charge in [0.2, 0.25) is 0 Å². The van der Waals surface area contributed by atoms with Crippen molar-refractivity contribution >= 4 is 11.6 Å². The molecule has 1 heterocycles. The maximum absolute atomic E-state index is 11.8. The number of amides is 1. The fourth-order valence-corrected chi connectivity index (χ4v) is 1.93. The zero-order valence-corrected chi connectivity index (χ0v) is 10.9. The highest BCUT2D eigenvalue weighted by molar-refractivity contribution is 5.92. The minimum atomic E-state index is -0.0658. The number of hydrogen-bond acceptors (Lipinski definition) is 3. The molecule has 0 bridgehead atoms. The Balaban J connectivity index is 1.81. The predicted octanol–water partition coefficient (Wildman–Crippen LogP) is 2.43. The van der Waals surface area contributed by atoms with Crippen LogP contribution < -0.4 is 10.6 Å². The van der Waals surface area contributed by atoms with E-state index in [0.717, 1.165) is 25.2 Å². The third kappa shape index (κ3) is 3.45. The molecule has 98 valence electrons. The van der Waals surface area contributed by atoms with Crippen LogP contribution in [0.25, 0.3) is 0 Å². The zero-order chi connectivity index (χ0) is 12.8. The molecule has 2 rings (SSSR count). The smallest absolute Gasteiger partial charge is 0.269 e. The summed E-state index contributed by atoms with van der Waals surface area (Å²) in [5.41, 5.74) is 1.46. The molecule has 1 aromatic heterocycles. The molecule has 1 amide bonds. The van der Waals surface area contributed by atoms with Crippen LogP contribution in [-0.4, -0.2) is 24.0 Å². The van der Waals surface area contributed by atoms with Crippen LogP contribution in [0.3, 0.4) is 0 Å². The van der Waals surface area contributed by atoms with Gasteiger partial charge in [-0.25, -0.2) is 4.98 Å². The SMILES string of the molecule is CCCNc1ccc(C(=O)NCC2CCC2)nc1. The number of rotatable bonds is 6. The first-order chi connectivity index (χ1) is 8.79. The zero-order valence-electron chi connectivity index (χ0n) is 10.9. The third-order valence-electron chi connectivity index (χ3n) is 3.35. The lowest BCUT2D eigenvalue weighted by molar-refractivity contribution is 0.0934. The van der Waals surface area contributed by atoms with Gasteiger partial charge in [-0.15, -0.1) is 0 Å². The molecule has 0 atom stereocenters. The van der Waals surface area contributed by atoms with Gasteiger partial charge in [-0.05, 0) is 37.3 Å². The highest BCUT2D eigenvalue weighted by Crippen LogP contribution is 2.25. The number of nitrogens with one attached hydrogen (secondary N) is 2. The molecule has 4 heteroatoms. The van der Waals surface area contributed by atoms with E-state index in [1.807, 2.05) is 6.07 Å². The van der Waals surface area contributed by atoms with Gasteiger partial charge in [-0.1, -0.05) is 13.3 Å². The molecule has 1 fully saturated rings. The monoisotopic (exact) mass is 247 g/mol. The molecular weight excluding hydrogens is 226 g/mol. The van der Waals surface area contributed by atoms with E-state index in [9.17, 15) is 4.79 Å². The first-order valence-corrected chi connectivity index (χ1v) is 6.77. The standard InChI is InChI=1S/C14H21N3O/c1-2-8-15-12-6-7-13(16-10-12)14(18)17-9-11-4-3-5-11/h6-7,10-11,15H,2-5,8-9H2,1H3,(H,17,18). The summed E-state index contributed by atoms with van der Waals surface area (Å²) in [6.07, 6.45) is 6.58. The number of aromatic nitrogens is 1. The Bertz CT molecular complexity index is 385. The van der Waals surface area contributed by atoms with E-state index in [2.05, 4.69) is 22.5 Å². The first kappa shape index (κ1) is 12.9. The Kier molecular flexibility index (Phi) is 4.56. The molecule has 0 saturated heterocycles. The average molecular weight is 247 g/mol. The number of nitrogens with zero attached hydrogens (tertiary/aromatic N) is 1. The fourth-order valence-electron chi connectivity index (χ4n) is 1.93. The minimum Gasteiger partial charge on any atom is -0.384 e. The summed E-state index contributed by atoms with van der Waals surface area (Å²) in [7, 11) is 0. The molecule has 0 radical (unpaired) electrons. The molecule has 2 N–H and O–H groups in total. The van der Waals surface area contributed by atoms with Crippen LogP contribution in [0.4, 0.5) is 5.69 Å². The second-order valence-electron chi connectivity index (χ2n) is 4.87. The van der Waals surface area contributed by atoms with Crippen molar-refractivity contribution in [2.75, 3.05) is 18.4 Å². The summed E-state index contributed by atoms with van der Waals surface area (Å²) in [6, 6.07) is 3.68. The van der Waals surface area contributed by atoms with Gasteiger partial charge >= 0.3 is 0 Å². The summed E-state index contributed by atoms with van der Waals surface area (Å²) in [5, 5.41) is 6.18. The van der Waals surface area contributed by atoms with E-state index in [0.29, 0.717) is 11.6 Å². The second-order valence-corrected chi connectivity index (χ2v) is 4.87. The normalized spacial score (nSPS) is 14.9. The molecule has 1 aliphatic rings. The Morgan fingerprint density at radius 2 is 2.28 bits per heavy atom. The molecule has 0 spiro atoms. The topological polar surface area (TPSA) is 54.0 Å². The highest BCUT2D eigenvalue weighted by atomic mass is 16.1. The van der Waals surface area contributed by atoms with Crippen LogP contribution in [0.15, 0.2) is 18.3 Å². The Labute approximate surface area is 108 Å². The Morgan fingerprint density at radius 3 is 2.83 bits per heavy atom. The lowest BCUT2D eigenvalue weighted by Gasteiger charge is -2.25. The number of hydrogen-bond donors (Lipinski definition) is 2. The molecule has 18 heavy (non-hydrogen) atoms. The lowest BCUT2D eigenvalue weighted by Crippen LogP contribution is -2.32. The van der Waals surface area contributed by atoms with Crippen molar-refractivity contribution in [3.63, 3.8) is 0 Å². The fraction of sp³-hybridized carbons (Fsp3) is 0.571. The predicted molar refractivity (Wildman–Crippen MR) is 72.7 cm³/mol. The number of anilines is 1. The number of carbonyl (C=O) groups is 1. The third-order valence-corrected chi connectivity index (χ3v) is 3.35. The Hall–Kier alpha value is -1.58. The summed E-state index contributed by atoms with van der Waals surface area (Å²) in [6.45, 7) is 3.83. The molecule has 0 aromatic carbocycles. The Morgan fingerprint density at radius 1 is 1.44 bits per heavy atom. The maximum Gasteiger partial charge on any atom is 0.269 e. The van der Waals surface area contributed by atoms with E-state index in [4.69, 9.17) is 0 Å². The van der Waals surface area contributed by atoms with Gasteiger partial charge in [-0.2, -0.15) is 0 Å². The minimum absolute atomic E-state index is 0.0658. The number of carbonyl (C=O) groups excluding carboxylic acids is 1. The lowest BCUT2D eigenvalue weighted by atomic mass is 9.85. The van der Waals surface area contributed by atoms with Crippen LogP contribution in [0.1, 0.15) is 43.1 Å². The molecule has 1 aromatic rings. The van der Waals surface area contributed by atoms with E-state index in [-0.39, 0.29) is 5.91 Å². The van der Waals surface area contributed by atoms with Crippen molar-refractivity contribution in [1.82, 2.24) is 10.3 Å². The van der Waals surface area contributed by atoms with Crippen molar-refractivity contribution in [2.24, 2.45) is 5.92 Å². The molecule has 0 unspecified atom stereocenters. The first-order valence-electron chi connectivity index (χ1n) is 6.77. The number of pyridine rings is 1. The largest absolute Gasteiger partial charge is 0.384 e. The van der Waals surface area contributed by atoms with Gasteiger partial charge in [0.25, 0.3) is 5.91 Å². The van der Waals surface area contributed by atoms with E-state index in [1.54, 1.807) is 12.3 Å². The van der Waals surface area contributed by atoms with Crippen molar-refractivity contribution in [3.05, 3.63) is 24.0 Å². The van der Waals surface area contributed by atoms with Gasteiger partial charge in [0, 0.05) is 13.1 Å². The summed E-state index contributed by atoms with van der Waals surface area (Å²) in [5.74, 6) is 0.614. The highest BCUT2D eigenvalue weighted by Gasteiger charge is 2.18. The van der Waals surface area contributed by atoms with Crippen LogP contribution >= 0.6 is 0 Å². The summed E-state index contributed by atoms with van der Waals surface area (Å²) < 4.78 is 0. The second kappa shape index (κ2) is 6.38. The van der Waals surface area contributed by atoms with Gasteiger partial charge in [-0.3, -0.25) is 4.79 Å².